The minimum absolute atomic E-state index is 0.0631. The first-order chi connectivity index (χ1) is 11.5. The number of hydrogen-bond donors (Lipinski definition) is 2. The van der Waals surface area contributed by atoms with Crippen molar-refractivity contribution in [2.24, 2.45) is 0 Å². The van der Waals surface area contributed by atoms with Gasteiger partial charge in [0.2, 0.25) is 16.9 Å². The second-order valence-electron chi connectivity index (χ2n) is 4.56. The molecule has 0 fully saturated rings. The van der Waals surface area contributed by atoms with Gasteiger partial charge in [-0.2, -0.15) is 4.39 Å². The maximum atomic E-state index is 13.2. The van der Waals surface area contributed by atoms with E-state index >= 15 is 0 Å². The Bertz CT molecular complexity index is 740. The van der Waals surface area contributed by atoms with Gasteiger partial charge in [-0.05, 0) is 18.6 Å². The van der Waals surface area contributed by atoms with Gasteiger partial charge >= 0.3 is 5.69 Å². The summed E-state index contributed by atoms with van der Waals surface area (Å²) < 4.78 is 13.9. The number of nitrogens with zero attached hydrogens (tertiary/aromatic N) is 3. The van der Waals surface area contributed by atoms with Crippen molar-refractivity contribution >= 4 is 45.5 Å². The van der Waals surface area contributed by atoms with Crippen molar-refractivity contribution in [3.63, 3.8) is 0 Å². The van der Waals surface area contributed by atoms with Crippen LogP contribution in [0.5, 0.6) is 0 Å². The molecule has 1 heterocycles. The fourth-order valence-corrected chi connectivity index (χ4v) is 3.20. The Hall–Kier alpha value is -2.27. The predicted molar refractivity (Wildman–Crippen MR) is 91.1 cm³/mol. The fraction of sp³-hybridized carbons (Fsp3) is 0.308. The lowest BCUT2D eigenvalue weighted by Gasteiger charge is -2.04. The molecule has 24 heavy (non-hydrogen) atoms. The molecule has 0 aliphatic rings. The van der Waals surface area contributed by atoms with Crippen LogP contribution in [0.1, 0.15) is 13.3 Å². The number of hydrogen-bond acceptors (Lipinski definition) is 8. The van der Waals surface area contributed by atoms with Crippen molar-refractivity contribution in [2.75, 3.05) is 22.9 Å². The molecule has 0 saturated carbocycles. The minimum atomic E-state index is -0.951. The number of anilines is 2. The minimum Gasteiger partial charge on any atom is -0.360 e. The highest BCUT2D eigenvalue weighted by Crippen LogP contribution is 2.26. The van der Waals surface area contributed by atoms with E-state index in [1.807, 2.05) is 6.92 Å². The summed E-state index contributed by atoms with van der Waals surface area (Å²) in [6.07, 6.45) is 0.967. The van der Waals surface area contributed by atoms with E-state index in [9.17, 15) is 19.3 Å². The molecule has 2 N–H and O–H groups in total. The van der Waals surface area contributed by atoms with E-state index in [1.165, 1.54) is 29.2 Å². The van der Waals surface area contributed by atoms with Crippen molar-refractivity contribution in [1.82, 2.24) is 10.2 Å². The van der Waals surface area contributed by atoms with Crippen LogP contribution in [-0.2, 0) is 4.79 Å². The van der Waals surface area contributed by atoms with E-state index in [0.29, 0.717) is 9.47 Å². The zero-order chi connectivity index (χ0) is 17.5. The molecule has 0 spiro atoms. The second kappa shape index (κ2) is 8.55. The first-order valence-electron chi connectivity index (χ1n) is 6.93. The van der Waals surface area contributed by atoms with Gasteiger partial charge in [-0.25, -0.2) is 0 Å². The Labute approximate surface area is 145 Å². The third-order valence-electron chi connectivity index (χ3n) is 2.69. The van der Waals surface area contributed by atoms with Crippen LogP contribution in [0.15, 0.2) is 22.5 Å². The van der Waals surface area contributed by atoms with Crippen molar-refractivity contribution in [3.05, 3.63) is 34.1 Å². The molecule has 1 aromatic heterocycles. The number of carbonyl (C=O) groups is 1. The molecule has 0 saturated heterocycles. The molecule has 1 aromatic carbocycles. The number of amides is 1. The second-order valence-corrected chi connectivity index (χ2v) is 6.76. The summed E-state index contributed by atoms with van der Waals surface area (Å²) in [6, 6.07) is 3.19. The van der Waals surface area contributed by atoms with Gasteiger partial charge in [0.25, 0.3) is 0 Å². The van der Waals surface area contributed by atoms with Crippen molar-refractivity contribution < 1.29 is 14.1 Å². The zero-order valence-corrected chi connectivity index (χ0v) is 14.2. The lowest BCUT2D eigenvalue weighted by molar-refractivity contribution is -0.387. The van der Waals surface area contributed by atoms with Crippen LogP contribution in [0.2, 0.25) is 0 Å². The molecule has 2 aromatic rings. The van der Waals surface area contributed by atoms with E-state index in [-0.39, 0.29) is 17.3 Å². The van der Waals surface area contributed by atoms with E-state index in [2.05, 4.69) is 20.8 Å². The molecular formula is C13H14FN5O3S2. The third-order valence-corrected chi connectivity index (χ3v) is 4.70. The summed E-state index contributed by atoms with van der Waals surface area (Å²) in [6.45, 7) is 2.83. The Balaban J connectivity index is 1.88. The molecule has 8 nitrogen and oxygen atoms in total. The highest BCUT2D eigenvalue weighted by molar-refractivity contribution is 8.01. The number of carbonyl (C=O) groups excluding carboxylic acids is 1. The average Bonchev–Trinajstić information content (AvgIpc) is 3.00. The van der Waals surface area contributed by atoms with Gasteiger partial charge in [0.05, 0.1) is 10.7 Å². The quantitative estimate of drug-likeness (QED) is 0.417. The molecular weight excluding hydrogens is 357 g/mol. The molecule has 0 aliphatic heterocycles. The van der Waals surface area contributed by atoms with E-state index in [0.717, 1.165) is 25.1 Å². The van der Waals surface area contributed by atoms with E-state index in [4.69, 9.17) is 0 Å². The number of rotatable bonds is 8. The molecule has 2 rings (SSSR count). The van der Waals surface area contributed by atoms with Gasteiger partial charge in [0, 0.05) is 18.3 Å². The Morgan fingerprint density at radius 1 is 1.46 bits per heavy atom. The normalized spacial score (nSPS) is 10.4. The maximum Gasteiger partial charge on any atom is 0.306 e. The SMILES string of the molecule is CCCNc1nnc(SCC(=O)Nc2ccc(F)c([N+](=O)[O-])c2)s1. The number of benzene rings is 1. The summed E-state index contributed by atoms with van der Waals surface area (Å²) in [5.74, 6) is -1.26. The Morgan fingerprint density at radius 3 is 2.96 bits per heavy atom. The van der Waals surface area contributed by atoms with E-state index in [1.54, 1.807) is 0 Å². The molecule has 0 aliphatic carbocycles. The topological polar surface area (TPSA) is 110 Å². The van der Waals surface area contributed by atoms with Crippen molar-refractivity contribution in [3.8, 4) is 0 Å². The lowest BCUT2D eigenvalue weighted by atomic mass is 10.2. The van der Waals surface area contributed by atoms with Crippen molar-refractivity contribution in [2.45, 2.75) is 17.7 Å². The molecule has 128 valence electrons. The van der Waals surface area contributed by atoms with Crippen LogP contribution >= 0.6 is 23.1 Å². The zero-order valence-electron chi connectivity index (χ0n) is 12.6. The summed E-state index contributed by atoms with van der Waals surface area (Å²) in [5.41, 5.74) is -0.521. The predicted octanol–water partition coefficient (Wildman–Crippen LogP) is 3.14. The van der Waals surface area contributed by atoms with Gasteiger partial charge in [-0.15, -0.1) is 10.2 Å². The molecule has 0 unspecified atom stereocenters. The molecule has 1 amide bonds. The summed E-state index contributed by atoms with van der Waals surface area (Å²) in [7, 11) is 0. The van der Waals surface area contributed by atoms with Crippen LogP contribution in [-0.4, -0.2) is 33.3 Å². The fourth-order valence-electron chi connectivity index (χ4n) is 1.63. The standard InChI is InChI=1S/C13H14FN5O3S2/c1-2-5-15-12-17-18-13(24-12)23-7-11(20)16-8-3-4-9(14)10(6-8)19(21)22/h3-4,6H,2,5,7H2,1H3,(H,15,17)(H,16,20). The van der Waals surface area contributed by atoms with Gasteiger partial charge in [0.1, 0.15) is 0 Å². The highest BCUT2D eigenvalue weighted by Gasteiger charge is 2.15. The summed E-state index contributed by atoms with van der Waals surface area (Å²) in [5, 5.41) is 24.8. The van der Waals surface area contributed by atoms with Crippen molar-refractivity contribution in [1.29, 1.82) is 0 Å². The Kier molecular flexibility index (Phi) is 6.44. The Morgan fingerprint density at radius 2 is 2.25 bits per heavy atom. The summed E-state index contributed by atoms with van der Waals surface area (Å²) >= 11 is 2.54. The van der Waals surface area contributed by atoms with Gasteiger partial charge in [-0.3, -0.25) is 14.9 Å². The number of nitro benzene ring substituents is 1. The number of thioether (sulfide) groups is 1. The molecule has 0 bridgehead atoms. The van der Waals surface area contributed by atoms with Crippen LogP contribution in [0.4, 0.5) is 20.9 Å². The van der Waals surface area contributed by atoms with E-state index < -0.39 is 16.4 Å². The lowest BCUT2D eigenvalue weighted by Crippen LogP contribution is -2.14. The smallest absolute Gasteiger partial charge is 0.306 e. The van der Waals surface area contributed by atoms with Crippen LogP contribution in [0.3, 0.4) is 0 Å². The van der Waals surface area contributed by atoms with Crippen LogP contribution in [0.25, 0.3) is 0 Å². The number of nitro groups is 1. The largest absolute Gasteiger partial charge is 0.360 e. The van der Waals surface area contributed by atoms with Gasteiger partial charge in [-0.1, -0.05) is 30.0 Å². The first kappa shape index (κ1) is 18.1. The monoisotopic (exact) mass is 371 g/mol. The molecule has 0 atom stereocenters. The van der Waals surface area contributed by atoms with Gasteiger partial charge in [0.15, 0.2) is 4.34 Å². The maximum absolute atomic E-state index is 13.2. The number of nitrogens with one attached hydrogen (secondary N) is 2. The molecule has 0 radical (unpaired) electrons. The number of halogens is 1. The molecule has 11 heteroatoms. The third kappa shape index (κ3) is 5.13. The first-order valence-corrected chi connectivity index (χ1v) is 8.73. The summed E-state index contributed by atoms with van der Waals surface area (Å²) in [4.78, 5) is 21.7. The van der Waals surface area contributed by atoms with Gasteiger partial charge < -0.3 is 10.6 Å². The number of aromatic nitrogens is 2. The van der Waals surface area contributed by atoms with Crippen LogP contribution in [0, 0.1) is 15.9 Å². The average molecular weight is 371 g/mol. The highest BCUT2D eigenvalue weighted by atomic mass is 32.2. The van der Waals surface area contributed by atoms with Crippen LogP contribution < -0.4 is 10.6 Å².